The Morgan fingerprint density at radius 2 is 1.04 bits per heavy atom. The van der Waals surface area contributed by atoms with Gasteiger partial charge in [0.15, 0.2) is 0 Å². The highest BCUT2D eigenvalue weighted by molar-refractivity contribution is 6.52. The van der Waals surface area contributed by atoms with Crippen LogP contribution in [-0.4, -0.2) is 23.3 Å². The van der Waals surface area contributed by atoms with Gasteiger partial charge >= 0.3 is 9.05 Å². The first-order valence-electron chi connectivity index (χ1n) is 7.07. The molecule has 124 valence electrons. The first-order valence-corrected chi connectivity index (χ1v) is 8.71. The van der Waals surface area contributed by atoms with Crippen LogP contribution in [0.25, 0.3) is 0 Å². The molecule has 7 heteroatoms. The fourth-order valence-corrected chi connectivity index (χ4v) is 3.25. The van der Waals surface area contributed by atoms with Gasteiger partial charge in [0.1, 0.15) is 0 Å². The van der Waals surface area contributed by atoms with Crippen LogP contribution in [0.5, 0.6) is 0 Å². The van der Waals surface area contributed by atoms with Crippen molar-refractivity contribution >= 4 is 9.05 Å². The summed E-state index contributed by atoms with van der Waals surface area (Å²) in [6.45, 7) is 0.489. The van der Waals surface area contributed by atoms with Crippen LogP contribution in [0.4, 0.5) is 0 Å². The Labute approximate surface area is 136 Å². The molecule has 6 nitrogen and oxygen atoms in total. The summed E-state index contributed by atoms with van der Waals surface area (Å²) in [4.78, 5) is 9.49. The van der Waals surface area contributed by atoms with Gasteiger partial charge in [-0.25, -0.2) is 9.78 Å². The normalized spacial score (nSPS) is 11.6. The third-order valence-electron chi connectivity index (χ3n) is 2.89. The fourth-order valence-electron chi connectivity index (χ4n) is 1.85. The van der Waals surface area contributed by atoms with Crippen molar-refractivity contribution < 1.29 is 27.8 Å². The second-order valence-electron chi connectivity index (χ2n) is 4.55. The molecule has 2 aromatic rings. The van der Waals surface area contributed by atoms with Crippen molar-refractivity contribution in [2.24, 2.45) is 0 Å². The largest absolute Gasteiger partial charge is 0.736 e. The van der Waals surface area contributed by atoms with E-state index in [4.69, 9.17) is 27.8 Å². The lowest BCUT2D eigenvalue weighted by molar-refractivity contribution is -0.324. The molecule has 0 saturated heterocycles. The highest BCUT2D eigenvalue weighted by atomic mass is 28.4. The van der Waals surface area contributed by atoms with E-state index in [1.165, 1.54) is 14.2 Å². The standard InChI is InChI=1S/C16H20O6Si/c1-17-21-23(22-18-2,19-13-15-9-5-3-6-10-15)20-14-16-11-7-4-8-12-16/h3-12H,13-14H2,1-2H3. The van der Waals surface area contributed by atoms with E-state index in [2.05, 4.69) is 0 Å². The number of rotatable bonds is 10. The first kappa shape index (κ1) is 17.8. The second kappa shape index (κ2) is 9.53. The molecular weight excluding hydrogens is 316 g/mol. The van der Waals surface area contributed by atoms with Crippen molar-refractivity contribution in [2.45, 2.75) is 13.2 Å². The minimum atomic E-state index is -3.61. The second-order valence-corrected chi connectivity index (χ2v) is 6.46. The number of benzene rings is 2. The number of hydrogen-bond donors (Lipinski definition) is 0. The van der Waals surface area contributed by atoms with Gasteiger partial charge in [-0.2, -0.15) is 9.15 Å². The minimum absolute atomic E-state index is 0.245. The Bertz CT molecular complexity index is 500. The summed E-state index contributed by atoms with van der Waals surface area (Å²) in [6.07, 6.45) is 0. The molecule has 0 fully saturated rings. The van der Waals surface area contributed by atoms with Gasteiger partial charge in [0, 0.05) is 0 Å². The summed E-state index contributed by atoms with van der Waals surface area (Å²) in [6, 6.07) is 19.2. The van der Waals surface area contributed by atoms with Crippen molar-refractivity contribution in [3.63, 3.8) is 0 Å². The Balaban J connectivity index is 2.03. The lowest BCUT2D eigenvalue weighted by Gasteiger charge is -2.24. The summed E-state index contributed by atoms with van der Waals surface area (Å²) in [5.74, 6) is 0. The average Bonchev–Trinajstić information content (AvgIpc) is 2.60. The summed E-state index contributed by atoms with van der Waals surface area (Å²) >= 11 is 0. The van der Waals surface area contributed by atoms with Gasteiger partial charge in [-0.3, -0.25) is 0 Å². The predicted octanol–water partition coefficient (Wildman–Crippen LogP) is 3.01. The zero-order valence-corrected chi connectivity index (χ0v) is 14.1. The molecule has 0 aliphatic carbocycles. The van der Waals surface area contributed by atoms with E-state index >= 15 is 0 Å². The molecule has 2 aromatic carbocycles. The quantitative estimate of drug-likeness (QED) is 0.378. The van der Waals surface area contributed by atoms with Crippen molar-refractivity contribution in [1.82, 2.24) is 0 Å². The van der Waals surface area contributed by atoms with E-state index in [0.717, 1.165) is 11.1 Å². The van der Waals surface area contributed by atoms with Gasteiger partial charge in [0.05, 0.1) is 27.4 Å². The van der Waals surface area contributed by atoms with Crippen molar-refractivity contribution in [2.75, 3.05) is 14.2 Å². The molecule has 0 amide bonds. The zero-order chi connectivity index (χ0) is 16.4. The maximum Gasteiger partial charge on any atom is 0.736 e. The van der Waals surface area contributed by atoms with Crippen LogP contribution in [0, 0.1) is 0 Å². The maximum absolute atomic E-state index is 5.74. The van der Waals surface area contributed by atoms with E-state index in [-0.39, 0.29) is 13.2 Å². The molecule has 0 bridgehead atoms. The van der Waals surface area contributed by atoms with E-state index in [1.54, 1.807) is 0 Å². The summed E-state index contributed by atoms with van der Waals surface area (Å²) in [5, 5.41) is 0. The van der Waals surface area contributed by atoms with Crippen molar-refractivity contribution in [3.05, 3.63) is 71.8 Å². The van der Waals surface area contributed by atoms with Crippen LogP contribution in [0.3, 0.4) is 0 Å². The fraction of sp³-hybridized carbons (Fsp3) is 0.250. The maximum atomic E-state index is 5.74. The molecule has 0 radical (unpaired) electrons. The molecule has 0 saturated carbocycles. The van der Waals surface area contributed by atoms with E-state index in [1.807, 2.05) is 60.7 Å². The Kier molecular flexibility index (Phi) is 7.36. The van der Waals surface area contributed by atoms with Crippen LogP contribution in [0.15, 0.2) is 60.7 Å². The zero-order valence-electron chi connectivity index (χ0n) is 13.1. The van der Waals surface area contributed by atoms with Crippen LogP contribution in [-0.2, 0) is 41.0 Å². The van der Waals surface area contributed by atoms with Crippen LogP contribution in [0.1, 0.15) is 11.1 Å². The van der Waals surface area contributed by atoms with Gasteiger partial charge in [0.2, 0.25) is 0 Å². The Morgan fingerprint density at radius 3 is 1.39 bits per heavy atom. The molecule has 0 aliphatic heterocycles. The molecule has 0 atom stereocenters. The van der Waals surface area contributed by atoms with Gasteiger partial charge in [-0.1, -0.05) is 60.7 Å². The molecule has 2 rings (SSSR count). The topological polar surface area (TPSA) is 55.4 Å². The van der Waals surface area contributed by atoms with Gasteiger partial charge < -0.3 is 8.85 Å². The van der Waals surface area contributed by atoms with Crippen LogP contribution >= 0.6 is 0 Å². The highest BCUT2D eigenvalue weighted by Crippen LogP contribution is 2.17. The van der Waals surface area contributed by atoms with Gasteiger partial charge in [0.25, 0.3) is 0 Å². The monoisotopic (exact) mass is 336 g/mol. The minimum Gasteiger partial charge on any atom is -0.344 e. The summed E-state index contributed by atoms with van der Waals surface area (Å²) in [5.41, 5.74) is 1.90. The molecule has 0 N–H and O–H groups in total. The lowest BCUT2D eigenvalue weighted by atomic mass is 10.2. The average molecular weight is 336 g/mol. The summed E-state index contributed by atoms with van der Waals surface area (Å²) < 4.78 is 21.8. The molecular formula is C16H20O6Si. The van der Waals surface area contributed by atoms with Crippen LogP contribution in [0.2, 0.25) is 0 Å². The third kappa shape index (κ3) is 5.85. The van der Waals surface area contributed by atoms with E-state index in [0.29, 0.717) is 0 Å². The van der Waals surface area contributed by atoms with E-state index in [9.17, 15) is 0 Å². The number of hydrogen-bond acceptors (Lipinski definition) is 6. The van der Waals surface area contributed by atoms with Crippen molar-refractivity contribution in [3.8, 4) is 0 Å². The third-order valence-corrected chi connectivity index (χ3v) is 4.63. The Morgan fingerprint density at radius 1 is 0.652 bits per heavy atom. The predicted molar refractivity (Wildman–Crippen MR) is 84.4 cm³/mol. The molecule has 23 heavy (non-hydrogen) atoms. The first-order chi connectivity index (χ1) is 11.3. The molecule has 0 aliphatic rings. The van der Waals surface area contributed by atoms with Crippen LogP contribution < -0.4 is 0 Å². The highest BCUT2D eigenvalue weighted by Gasteiger charge is 2.50. The molecule has 0 unspecified atom stereocenters. The smallest absolute Gasteiger partial charge is 0.344 e. The summed E-state index contributed by atoms with van der Waals surface area (Å²) in [7, 11) is -0.886. The van der Waals surface area contributed by atoms with Crippen molar-refractivity contribution in [1.29, 1.82) is 0 Å². The van der Waals surface area contributed by atoms with Gasteiger partial charge in [-0.05, 0) is 11.1 Å². The van der Waals surface area contributed by atoms with E-state index < -0.39 is 9.05 Å². The lowest BCUT2D eigenvalue weighted by Crippen LogP contribution is -2.48. The van der Waals surface area contributed by atoms with Gasteiger partial charge in [-0.15, -0.1) is 0 Å². The Hall–Kier alpha value is -1.58. The molecule has 0 spiro atoms. The SMILES string of the molecule is COO[Si](OCc1ccccc1)(OCc1ccccc1)OOC. The molecule has 0 heterocycles. The molecule has 0 aromatic heterocycles.